The summed E-state index contributed by atoms with van der Waals surface area (Å²) in [4.78, 5) is 11.9. The molecule has 1 heterocycles. The van der Waals surface area contributed by atoms with Crippen molar-refractivity contribution in [3.8, 4) is 0 Å². The van der Waals surface area contributed by atoms with Crippen molar-refractivity contribution in [2.75, 3.05) is 5.73 Å². The predicted molar refractivity (Wildman–Crippen MR) is 77.0 cm³/mol. The first-order valence-electron chi connectivity index (χ1n) is 6.59. The van der Waals surface area contributed by atoms with Crippen LogP contribution in [0.4, 0.5) is 5.69 Å². The minimum atomic E-state index is -0.00465. The average Bonchev–Trinajstić information content (AvgIpc) is 2.83. The van der Waals surface area contributed by atoms with Gasteiger partial charge in [-0.05, 0) is 30.5 Å². The van der Waals surface area contributed by atoms with Gasteiger partial charge in [0.05, 0.1) is 6.54 Å². The number of anilines is 1. The van der Waals surface area contributed by atoms with Crippen molar-refractivity contribution < 1.29 is 9.32 Å². The summed E-state index contributed by atoms with van der Waals surface area (Å²) < 4.78 is 4.95. The number of carbonyl (C=O) groups is 1. The lowest BCUT2D eigenvalue weighted by molar-refractivity contribution is -0.121. The smallest absolute Gasteiger partial charge is 0.220 e. The van der Waals surface area contributed by atoms with Gasteiger partial charge in [-0.2, -0.15) is 0 Å². The molecule has 0 fully saturated rings. The summed E-state index contributed by atoms with van der Waals surface area (Å²) in [5.41, 5.74) is 8.21. The van der Waals surface area contributed by atoms with Crippen LogP contribution in [0.15, 0.2) is 34.9 Å². The Hall–Kier alpha value is -2.30. The number of hydrogen-bond donors (Lipinski definition) is 2. The summed E-state index contributed by atoms with van der Waals surface area (Å²) >= 11 is 0. The van der Waals surface area contributed by atoms with Gasteiger partial charge in [0, 0.05) is 18.2 Å². The van der Waals surface area contributed by atoms with E-state index in [1.807, 2.05) is 44.2 Å². The lowest BCUT2D eigenvalue weighted by Crippen LogP contribution is -2.24. The first-order valence-corrected chi connectivity index (χ1v) is 6.59. The maximum absolute atomic E-state index is 11.9. The Kier molecular flexibility index (Phi) is 4.40. The Morgan fingerprint density at radius 2 is 2.10 bits per heavy atom. The van der Waals surface area contributed by atoms with E-state index in [2.05, 4.69) is 10.5 Å². The lowest BCUT2D eigenvalue weighted by Gasteiger charge is -2.11. The number of nitrogens with one attached hydrogen (secondary N) is 1. The molecule has 0 bridgehead atoms. The van der Waals surface area contributed by atoms with Crippen LogP contribution in [-0.4, -0.2) is 11.1 Å². The van der Waals surface area contributed by atoms with E-state index in [0.717, 1.165) is 22.7 Å². The molecule has 1 aromatic heterocycles. The van der Waals surface area contributed by atoms with Crippen molar-refractivity contribution >= 4 is 11.6 Å². The van der Waals surface area contributed by atoms with Crippen LogP contribution in [0.25, 0.3) is 0 Å². The number of benzene rings is 1. The van der Waals surface area contributed by atoms with Crippen molar-refractivity contribution in [2.24, 2.45) is 0 Å². The highest BCUT2D eigenvalue weighted by molar-refractivity contribution is 5.76. The fraction of sp³-hybridized carbons (Fsp3) is 0.333. The van der Waals surface area contributed by atoms with Gasteiger partial charge >= 0.3 is 0 Å². The molecule has 5 nitrogen and oxygen atoms in total. The number of nitrogens with zero attached hydrogens (tertiary/aromatic N) is 1. The average molecular weight is 273 g/mol. The third-order valence-electron chi connectivity index (χ3n) is 3.14. The SMILES string of the molecule is Cc1cc(CNC(=O)CC(C)c2ccc(N)cc2)no1. The van der Waals surface area contributed by atoms with Gasteiger partial charge < -0.3 is 15.6 Å². The highest BCUT2D eigenvalue weighted by atomic mass is 16.5. The van der Waals surface area contributed by atoms with Crippen LogP contribution in [0.5, 0.6) is 0 Å². The van der Waals surface area contributed by atoms with E-state index >= 15 is 0 Å². The maximum Gasteiger partial charge on any atom is 0.220 e. The van der Waals surface area contributed by atoms with Gasteiger partial charge in [0.25, 0.3) is 0 Å². The summed E-state index contributed by atoms with van der Waals surface area (Å²) in [6.07, 6.45) is 0.431. The fourth-order valence-corrected chi connectivity index (χ4v) is 1.98. The molecule has 5 heteroatoms. The monoisotopic (exact) mass is 273 g/mol. The van der Waals surface area contributed by atoms with Gasteiger partial charge in [0.15, 0.2) is 0 Å². The number of amides is 1. The molecule has 0 spiro atoms. The van der Waals surface area contributed by atoms with Crippen LogP contribution >= 0.6 is 0 Å². The Bertz CT molecular complexity index is 575. The topological polar surface area (TPSA) is 81.2 Å². The van der Waals surface area contributed by atoms with Gasteiger partial charge in [-0.15, -0.1) is 0 Å². The molecular formula is C15H19N3O2. The minimum absolute atomic E-state index is 0.00465. The molecule has 0 aliphatic rings. The molecule has 0 saturated heterocycles. The summed E-state index contributed by atoms with van der Waals surface area (Å²) in [6, 6.07) is 9.41. The summed E-state index contributed by atoms with van der Waals surface area (Å²) in [5.74, 6) is 0.883. The number of aromatic nitrogens is 1. The predicted octanol–water partition coefficient (Wildman–Crippen LogP) is 2.38. The largest absolute Gasteiger partial charge is 0.399 e. The molecule has 0 saturated carbocycles. The Labute approximate surface area is 118 Å². The van der Waals surface area contributed by atoms with E-state index < -0.39 is 0 Å². The minimum Gasteiger partial charge on any atom is -0.399 e. The fourth-order valence-electron chi connectivity index (χ4n) is 1.98. The van der Waals surface area contributed by atoms with Gasteiger partial charge in [-0.1, -0.05) is 24.2 Å². The molecule has 1 atom stereocenters. The zero-order valence-electron chi connectivity index (χ0n) is 11.7. The van der Waals surface area contributed by atoms with Crippen LogP contribution in [0.2, 0.25) is 0 Å². The normalized spacial score (nSPS) is 12.1. The summed E-state index contributed by atoms with van der Waals surface area (Å²) in [5, 5.41) is 6.67. The molecule has 20 heavy (non-hydrogen) atoms. The number of carbonyl (C=O) groups excluding carboxylic acids is 1. The zero-order valence-corrected chi connectivity index (χ0v) is 11.7. The molecule has 0 radical (unpaired) electrons. The van der Waals surface area contributed by atoms with Gasteiger partial charge in [0.2, 0.25) is 5.91 Å². The number of nitrogens with two attached hydrogens (primary N) is 1. The van der Waals surface area contributed by atoms with E-state index in [9.17, 15) is 4.79 Å². The molecule has 1 aromatic carbocycles. The van der Waals surface area contributed by atoms with Crippen molar-refractivity contribution in [3.05, 3.63) is 47.3 Å². The Morgan fingerprint density at radius 1 is 1.40 bits per heavy atom. The molecule has 106 valence electrons. The van der Waals surface area contributed by atoms with E-state index in [1.165, 1.54) is 0 Å². The third kappa shape index (κ3) is 3.85. The summed E-state index contributed by atoms with van der Waals surface area (Å²) in [6.45, 7) is 4.23. The lowest BCUT2D eigenvalue weighted by atomic mass is 9.97. The highest BCUT2D eigenvalue weighted by Gasteiger charge is 2.11. The number of rotatable bonds is 5. The second-order valence-electron chi connectivity index (χ2n) is 4.98. The zero-order chi connectivity index (χ0) is 14.5. The number of hydrogen-bond acceptors (Lipinski definition) is 4. The van der Waals surface area contributed by atoms with Crippen molar-refractivity contribution in [1.82, 2.24) is 10.5 Å². The van der Waals surface area contributed by atoms with Crippen molar-refractivity contribution in [1.29, 1.82) is 0 Å². The molecule has 3 N–H and O–H groups in total. The molecule has 2 rings (SSSR count). The van der Waals surface area contributed by atoms with Crippen LogP contribution in [0.1, 0.15) is 36.3 Å². The third-order valence-corrected chi connectivity index (χ3v) is 3.14. The van der Waals surface area contributed by atoms with Crippen LogP contribution in [-0.2, 0) is 11.3 Å². The molecular weight excluding hydrogens is 254 g/mol. The Morgan fingerprint density at radius 3 is 2.70 bits per heavy atom. The number of aryl methyl sites for hydroxylation is 1. The summed E-state index contributed by atoms with van der Waals surface area (Å²) in [7, 11) is 0. The van der Waals surface area contributed by atoms with Crippen molar-refractivity contribution in [2.45, 2.75) is 32.7 Å². The van der Waals surface area contributed by atoms with Crippen LogP contribution in [0.3, 0.4) is 0 Å². The van der Waals surface area contributed by atoms with Gasteiger partial charge in [0.1, 0.15) is 11.5 Å². The van der Waals surface area contributed by atoms with E-state index in [4.69, 9.17) is 10.3 Å². The highest BCUT2D eigenvalue weighted by Crippen LogP contribution is 2.19. The molecule has 2 aromatic rings. The first kappa shape index (κ1) is 14.1. The molecule has 0 aliphatic carbocycles. The van der Waals surface area contributed by atoms with E-state index in [1.54, 1.807) is 0 Å². The second-order valence-corrected chi connectivity index (χ2v) is 4.98. The maximum atomic E-state index is 11.9. The molecule has 1 amide bonds. The molecule has 1 unspecified atom stereocenters. The van der Waals surface area contributed by atoms with Crippen LogP contribution in [0, 0.1) is 6.92 Å². The van der Waals surface area contributed by atoms with Gasteiger partial charge in [-0.3, -0.25) is 4.79 Å². The first-order chi connectivity index (χ1) is 9.54. The molecule has 0 aliphatic heterocycles. The quantitative estimate of drug-likeness (QED) is 0.819. The Balaban J connectivity index is 1.83. The number of nitrogen functional groups attached to an aromatic ring is 1. The standard InChI is InChI=1S/C15H19N3O2/c1-10(12-3-5-13(16)6-4-12)7-15(19)17-9-14-8-11(2)20-18-14/h3-6,8,10H,7,9,16H2,1-2H3,(H,17,19). The van der Waals surface area contributed by atoms with E-state index in [-0.39, 0.29) is 11.8 Å². The van der Waals surface area contributed by atoms with Crippen molar-refractivity contribution in [3.63, 3.8) is 0 Å². The van der Waals surface area contributed by atoms with Gasteiger partial charge in [-0.25, -0.2) is 0 Å². The van der Waals surface area contributed by atoms with Crippen LogP contribution < -0.4 is 11.1 Å². The second kappa shape index (κ2) is 6.23. The van der Waals surface area contributed by atoms with E-state index in [0.29, 0.717) is 13.0 Å².